The normalized spacial score (nSPS) is 33.7. The number of fused-ring (bicyclic) bond motifs is 2. The van der Waals surface area contributed by atoms with Crippen LogP contribution in [0.4, 0.5) is 0 Å². The molecule has 1 aliphatic carbocycles. The Balaban J connectivity index is 2.00. The molecule has 0 N–H and O–H groups in total. The summed E-state index contributed by atoms with van der Waals surface area (Å²) in [5, 5.41) is 0.231. The number of esters is 1. The van der Waals surface area contributed by atoms with Gasteiger partial charge in [-0.1, -0.05) is 20.8 Å². The molecular weight excluding hydrogens is 232 g/mol. The highest BCUT2D eigenvalue weighted by atomic mass is 28.4. The lowest BCUT2D eigenvalue weighted by Crippen LogP contribution is -2.45. The summed E-state index contributed by atoms with van der Waals surface area (Å²) in [5.41, 5.74) is 0. The van der Waals surface area contributed by atoms with Gasteiger partial charge in [0.25, 0.3) is 0 Å². The lowest BCUT2D eigenvalue weighted by molar-refractivity contribution is -0.143. The van der Waals surface area contributed by atoms with Crippen LogP contribution in [0.2, 0.25) is 18.1 Å². The molecule has 3 atom stereocenters. The fraction of sp³-hybridized carbons (Fsp3) is 0.923. The molecule has 98 valence electrons. The third kappa shape index (κ3) is 2.57. The lowest BCUT2D eigenvalue weighted by Gasteiger charge is -2.40. The number of rotatable bonds is 2. The minimum atomic E-state index is -1.71. The van der Waals surface area contributed by atoms with E-state index < -0.39 is 8.32 Å². The first-order valence-electron chi connectivity index (χ1n) is 6.57. The first kappa shape index (κ1) is 13.1. The molecule has 2 aliphatic rings. The quantitative estimate of drug-likeness (QED) is 0.562. The van der Waals surface area contributed by atoms with Gasteiger partial charge < -0.3 is 9.16 Å². The van der Waals surface area contributed by atoms with E-state index in [-0.39, 0.29) is 29.1 Å². The highest BCUT2D eigenvalue weighted by Crippen LogP contribution is 2.42. The molecule has 0 aromatic carbocycles. The zero-order valence-corrected chi connectivity index (χ0v) is 12.6. The molecule has 4 heteroatoms. The number of hydrogen-bond acceptors (Lipinski definition) is 3. The van der Waals surface area contributed by atoms with Crippen molar-refractivity contribution in [3.05, 3.63) is 0 Å². The second-order valence-electron chi connectivity index (χ2n) is 6.96. The van der Waals surface area contributed by atoms with Crippen LogP contribution in [-0.4, -0.2) is 26.5 Å². The Kier molecular flexibility index (Phi) is 3.15. The molecule has 0 aromatic rings. The van der Waals surface area contributed by atoms with Crippen molar-refractivity contribution in [3.8, 4) is 0 Å². The summed E-state index contributed by atoms with van der Waals surface area (Å²) in [6.45, 7) is 11.3. The van der Waals surface area contributed by atoms with E-state index in [1.54, 1.807) is 0 Å². The molecule has 0 radical (unpaired) electrons. The molecule has 0 aromatic heterocycles. The zero-order chi connectivity index (χ0) is 12.8. The first-order chi connectivity index (χ1) is 7.69. The SMILES string of the molecule is CC(C)(C)[Si](C)(C)O[C@H]1C[C@H]2C[C@@H](C1)C(=O)O2. The van der Waals surface area contributed by atoms with Gasteiger partial charge >= 0.3 is 5.97 Å². The van der Waals surface area contributed by atoms with Crippen LogP contribution < -0.4 is 0 Å². The van der Waals surface area contributed by atoms with Crippen LogP contribution in [0.25, 0.3) is 0 Å². The summed E-state index contributed by atoms with van der Waals surface area (Å²) in [7, 11) is -1.71. The third-order valence-electron chi connectivity index (χ3n) is 4.50. The molecule has 2 fully saturated rings. The molecular formula is C13H24O3Si. The van der Waals surface area contributed by atoms with Gasteiger partial charge in [0.2, 0.25) is 0 Å². The summed E-state index contributed by atoms with van der Waals surface area (Å²) in [5.74, 6) is 0.0971. The van der Waals surface area contributed by atoms with E-state index in [9.17, 15) is 4.79 Å². The Labute approximate surface area is 105 Å². The van der Waals surface area contributed by atoms with E-state index in [0.717, 1.165) is 19.3 Å². The van der Waals surface area contributed by atoms with Crippen LogP contribution >= 0.6 is 0 Å². The van der Waals surface area contributed by atoms with Gasteiger partial charge in [0, 0.05) is 12.5 Å². The first-order valence-corrected chi connectivity index (χ1v) is 9.48. The van der Waals surface area contributed by atoms with Gasteiger partial charge in [0.15, 0.2) is 8.32 Å². The minimum absolute atomic E-state index is 0.00340. The predicted molar refractivity (Wildman–Crippen MR) is 69.3 cm³/mol. The van der Waals surface area contributed by atoms with E-state index in [1.807, 2.05) is 0 Å². The van der Waals surface area contributed by atoms with E-state index in [2.05, 4.69) is 33.9 Å². The fourth-order valence-corrected chi connectivity index (χ4v) is 3.83. The summed E-state index contributed by atoms with van der Waals surface area (Å²) >= 11 is 0. The Morgan fingerprint density at radius 1 is 1.24 bits per heavy atom. The number of carbonyl (C=O) groups is 1. The van der Waals surface area contributed by atoms with Crippen molar-refractivity contribution in [2.75, 3.05) is 0 Å². The molecule has 1 aliphatic heterocycles. The maximum atomic E-state index is 11.5. The van der Waals surface area contributed by atoms with Crippen molar-refractivity contribution in [2.24, 2.45) is 5.92 Å². The average Bonchev–Trinajstić information content (AvgIpc) is 2.38. The van der Waals surface area contributed by atoms with Crippen molar-refractivity contribution < 1.29 is 14.0 Å². The van der Waals surface area contributed by atoms with E-state index >= 15 is 0 Å². The maximum Gasteiger partial charge on any atom is 0.309 e. The number of ether oxygens (including phenoxy) is 1. The Bertz CT molecular complexity index is 319. The monoisotopic (exact) mass is 256 g/mol. The highest BCUT2D eigenvalue weighted by Gasteiger charge is 2.46. The predicted octanol–water partition coefficient (Wildman–Crippen LogP) is 3.10. The average molecular weight is 256 g/mol. The maximum absolute atomic E-state index is 11.5. The van der Waals surface area contributed by atoms with Crippen LogP contribution in [0.15, 0.2) is 0 Å². The summed E-state index contributed by atoms with van der Waals surface area (Å²) in [6.07, 6.45) is 3.02. The van der Waals surface area contributed by atoms with Crippen molar-refractivity contribution in [2.45, 2.75) is 70.4 Å². The number of hydrogen-bond donors (Lipinski definition) is 0. The summed E-state index contributed by atoms with van der Waals surface area (Å²) in [4.78, 5) is 11.5. The van der Waals surface area contributed by atoms with Crippen LogP contribution in [-0.2, 0) is 14.0 Å². The molecule has 2 rings (SSSR count). The van der Waals surface area contributed by atoms with Crippen molar-refractivity contribution in [1.82, 2.24) is 0 Å². The van der Waals surface area contributed by atoms with Gasteiger partial charge in [0.05, 0.1) is 5.92 Å². The summed E-state index contributed by atoms with van der Waals surface area (Å²) < 4.78 is 11.7. The molecule has 0 unspecified atom stereocenters. The van der Waals surface area contributed by atoms with Gasteiger partial charge in [-0.25, -0.2) is 0 Å². The minimum Gasteiger partial charge on any atom is -0.462 e. The van der Waals surface area contributed by atoms with Gasteiger partial charge in [-0.15, -0.1) is 0 Å². The van der Waals surface area contributed by atoms with E-state index in [0.29, 0.717) is 0 Å². The van der Waals surface area contributed by atoms with Gasteiger partial charge in [-0.2, -0.15) is 0 Å². The summed E-state index contributed by atoms with van der Waals surface area (Å²) in [6, 6.07) is 0. The van der Waals surface area contributed by atoms with Crippen LogP contribution in [0, 0.1) is 5.92 Å². The Morgan fingerprint density at radius 2 is 1.88 bits per heavy atom. The van der Waals surface area contributed by atoms with Gasteiger partial charge in [0.1, 0.15) is 6.10 Å². The molecule has 0 amide bonds. The second kappa shape index (κ2) is 4.09. The number of carbonyl (C=O) groups excluding carboxylic acids is 1. The molecule has 1 heterocycles. The van der Waals surface area contributed by atoms with Crippen LogP contribution in [0.1, 0.15) is 40.0 Å². The molecule has 0 spiro atoms. The van der Waals surface area contributed by atoms with Crippen LogP contribution in [0.3, 0.4) is 0 Å². The third-order valence-corrected chi connectivity index (χ3v) is 9.04. The Hall–Kier alpha value is -0.353. The fourth-order valence-electron chi connectivity index (χ4n) is 2.46. The topological polar surface area (TPSA) is 35.5 Å². The Morgan fingerprint density at radius 3 is 2.41 bits per heavy atom. The van der Waals surface area contributed by atoms with E-state index in [4.69, 9.17) is 9.16 Å². The molecule has 1 saturated carbocycles. The smallest absolute Gasteiger partial charge is 0.309 e. The molecule has 1 saturated heterocycles. The van der Waals surface area contributed by atoms with Gasteiger partial charge in [-0.3, -0.25) is 4.79 Å². The van der Waals surface area contributed by atoms with E-state index in [1.165, 1.54) is 0 Å². The lowest BCUT2D eigenvalue weighted by atomic mass is 9.88. The largest absolute Gasteiger partial charge is 0.462 e. The zero-order valence-electron chi connectivity index (χ0n) is 11.6. The van der Waals surface area contributed by atoms with Crippen LogP contribution in [0.5, 0.6) is 0 Å². The second-order valence-corrected chi connectivity index (χ2v) is 11.7. The molecule has 3 nitrogen and oxygen atoms in total. The van der Waals surface area contributed by atoms with Crippen molar-refractivity contribution >= 4 is 14.3 Å². The van der Waals surface area contributed by atoms with Crippen molar-refractivity contribution in [1.29, 1.82) is 0 Å². The standard InChI is InChI=1S/C13H24O3Si/c1-13(2,3)17(4,5)16-11-7-9-6-10(8-11)15-12(9)14/h9-11H,6-8H2,1-5H3/t9-,10+,11+/m0/s1. The molecule has 2 bridgehead atoms. The van der Waals surface area contributed by atoms with Crippen molar-refractivity contribution in [3.63, 3.8) is 0 Å². The molecule has 17 heavy (non-hydrogen) atoms. The highest BCUT2D eigenvalue weighted by molar-refractivity contribution is 6.74. The van der Waals surface area contributed by atoms with Gasteiger partial charge in [-0.05, 0) is 31.0 Å².